The lowest BCUT2D eigenvalue weighted by atomic mass is 10.1. The van der Waals surface area contributed by atoms with Crippen molar-refractivity contribution in [3.05, 3.63) is 29.8 Å². The van der Waals surface area contributed by atoms with Crippen LogP contribution in [0.2, 0.25) is 0 Å². The van der Waals surface area contributed by atoms with Gasteiger partial charge in [0.2, 0.25) is 5.91 Å². The number of carbonyl (C=O) groups is 2. The standard InChI is InChI=1S/C15H19F3N2O4/c1-10(20-13(21)4-3-9-19-14(22)23-2)11-5-7-12(8-6-11)24-15(16,17)18/h5-8,10H,3-4,9H2,1-2H3,(H,19,22)(H,20,21)/t10-/m0/s1. The minimum Gasteiger partial charge on any atom is -0.453 e. The third kappa shape index (κ3) is 7.70. The Morgan fingerprint density at radius 1 is 1.21 bits per heavy atom. The van der Waals surface area contributed by atoms with Crippen molar-refractivity contribution >= 4 is 12.0 Å². The van der Waals surface area contributed by atoms with Gasteiger partial charge in [0.05, 0.1) is 13.2 Å². The Morgan fingerprint density at radius 2 is 1.83 bits per heavy atom. The van der Waals surface area contributed by atoms with E-state index in [0.29, 0.717) is 18.5 Å². The quantitative estimate of drug-likeness (QED) is 0.743. The summed E-state index contributed by atoms with van der Waals surface area (Å²) in [6, 6.07) is 4.90. The van der Waals surface area contributed by atoms with Gasteiger partial charge >= 0.3 is 12.5 Å². The summed E-state index contributed by atoms with van der Waals surface area (Å²) in [5.74, 6) is -0.552. The Kier molecular flexibility index (Phi) is 7.34. The summed E-state index contributed by atoms with van der Waals surface area (Å²) in [5.41, 5.74) is 0.644. The van der Waals surface area contributed by atoms with Crippen molar-refractivity contribution in [3.63, 3.8) is 0 Å². The molecule has 1 rings (SSSR count). The van der Waals surface area contributed by atoms with Crippen molar-refractivity contribution in [2.24, 2.45) is 0 Å². The average Bonchev–Trinajstić information content (AvgIpc) is 2.50. The van der Waals surface area contributed by atoms with E-state index in [9.17, 15) is 22.8 Å². The van der Waals surface area contributed by atoms with E-state index < -0.39 is 12.5 Å². The van der Waals surface area contributed by atoms with Gasteiger partial charge in [0.1, 0.15) is 5.75 Å². The number of hydrogen-bond acceptors (Lipinski definition) is 4. The van der Waals surface area contributed by atoms with Crippen LogP contribution in [0.15, 0.2) is 24.3 Å². The molecule has 0 spiro atoms. The number of ether oxygens (including phenoxy) is 2. The first-order valence-electron chi connectivity index (χ1n) is 7.18. The first-order chi connectivity index (χ1) is 11.2. The summed E-state index contributed by atoms with van der Waals surface area (Å²) in [7, 11) is 1.24. The van der Waals surface area contributed by atoms with Crippen LogP contribution < -0.4 is 15.4 Å². The van der Waals surface area contributed by atoms with Crippen molar-refractivity contribution in [3.8, 4) is 5.75 Å². The van der Waals surface area contributed by atoms with Crippen LogP contribution in [0.25, 0.3) is 0 Å². The first kappa shape index (κ1) is 19.6. The SMILES string of the molecule is COC(=O)NCCCC(=O)N[C@@H](C)c1ccc(OC(F)(F)F)cc1. The maximum atomic E-state index is 12.1. The fourth-order valence-corrected chi connectivity index (χ4v) is 1.87. The number of benzene rings is 1. The third-order valence-corrected chi connectivity index (χ3v) is 3.03. The monoisotopic (exact) mass is 348 g/mol. The summed E-state index contributed by atoms with van der Waals surface area (Å²) >= 11 is 0. The number of halogens is 3. The molecular formula is C15H19F3N2O4. The van der Waals surface area contributed by atoms with Gasteiger partial charge in [-0.3, -0.25) is 4.79 Å². The second-order valence-corrected chi connectivity index (χ2v) is 4.93. The summed E-state index contributed by atoms with van der Waals surface area (Å²) in [4.78, 5) is 22.6. The minimum atomic E-state index is -4.74. The van der Waals surface area contributed by atoms with E-state index >= 15 is 0 Å². The number of rotatable bonds is 7. The summed E-state index contributed by atoms with van der Waals surface area (Å²) < 4.78 is 44.4. The van der Waals surface area contributed by atoms with Gasteiger partial charge in [-0.15, -0.1) is 13.2 Å². The molecule has 1 aromatic carbocycles. The van der Waals surface area contributed by atoms with Gasteiger partial charge < -0.3 is 20.1 Å². The number of nitrogens with one attached hydrogen (secondary N) is 2. The van der Waals surface area contributed by atoms with Crippen molar-refractivity contribution in [2.45, 2.75) is 32.2 Å². The molecule has 1 atom stereocenters. The molecule has 9 heteroatoms. The molecule has 0 radical (unpaired) electrons. The van der Waals surface area contributed by atoms with Gasteiger partial charge in [-0.05, 0) is 31.0 Å². The number of carbonyl (C=O) groups excluding carboxylic acids is 2. The fourth-order valence-electron chi connectivity index (χ4n) is 1.87. The van der Waals surface area contributed by atoms with Crippen LogP contribution in [0, 0.1) is 0 Å². The first-order valence-corrected chi connectivity index (χ1v) is 7.18. The molecule has 0 aromatic heterocycles. The molecule has 2 amide bonds. The normalized spacial score (nSPS) is 12.2. The van der Waals surface area contributed by atoms with Gasteiger partial charge in [0.15, 0.2) is 0 Å². The van der Waals surface area contributed by atoms with Crippen LogP contribution >= 0.6 is 0 Å². The Labute approximate surface area is 137 Å². The molecule has 0 saturated heterocycles. The fraction of sp³-hybridized carbons (Fsp3) is 0.467. The van der Waals surface area contributed by atoms with Crippen molar-refractivity contribution in [1.29, 1.82) is 0 Å². The van der Waals surface area contributed by atoms with E-state index in [1.807, 2.05) is 0 Å². The molecule has 6 nitrogen and oxygen atoms in total. The zero-order valence-electron chi connectivity index (χ0n) is 13.3. The van der Waals surface area contributed by atoms with Crippen LogP contribution in [0.3, 0.4) is 0 Å². The lowest BCUT2D eigenvalue weighted by Crippen LogP contribution is -2.29. The van der Waals surface area contributed by atoms with Gasteiger partial charge in [0, 0.05) is 13.0 Å². The van der Waals surface area contributed by atoms with Crippen LogP contribution in [-0.2, 0) is 9.53 Å². The number of methoxy groups -OCH3 is 1. The van der Waals surface area contributed by atoms with Crippen molar-refractivity contribution in [1.82, 2.24) is 10.6 Å². The molecule has 0 aliphatic rings. The second-order valence-electron chi connectivity index (χ2n) is 4.93. The van der Waals surface area contributed by atoms with Crippen molar-refractivity contribution in [2.75, 3.05) is 13.7 Å². The largest absolute Gasteiger partial charge is 0.573 e. The smallest absolute Gasteiger partial charge is 0.453 e. The van der Waals surface area contributed by atoms with Crippen molar-refractivity contribution < 1.29 is 32.2 Å². The molecule has 0 bridgehead atoms. The Balaban J connectivity index is 2.40. The zero-order chi connectivity index (χ0) is 18.2. The van der Waals surface area contributed by atoms with Crippen LogP contribution in [-0.4, -0.2) is 32.0 Å². The Hall–Kier alpha value is -2.45. The highest BCUT2D eigenvalue weighted by Crippen LogP contribution is 2.24. The van der Waals surface area contributed by atoms with Crippen LogP contribution in [0.5, 0.6) is 5.75 Å². The van der Waals surface area contributed by atoms with E-state index in [2.05, 4.69) is 20.1 Å². The van der Waals surface area contributed by atoms with E-state index in [1.165, 1.54) is 31.4 Å². The zero-order valence-corrected chi connectivity index (χ0v) is 13.3. The number of alkyl halides is 3. The minimum absolute atomic E-state index is 0.198. The summed E-state index contributed by atoms with van der Waals surface area (Å²) in [6.07, 6.45) is -4.67. The van der Waals surface area contributed by atoms with Crippen LogP contribution in [0.4, 0.5) is 18.0 Å². The molecule has 0 heterocycles. The maximum absolute atomic E-state index is 12.1. The predicted molar refractivity (Wildman–Crippen MR) is 79.3 cm³/mol. The Bertz CT molecular complexity index is 547. The maximum Gasteiger partial charge on any atom is 0.573 e. The number of amides is 2. The van der Waals surface area contributed by atoms with E-state index in [-0.39, 0.29) is 24.1 Å². The van der Waals surface area contributed by atoms with Gasteiger partial charge in [-0.25, -0.2) is 4.79 Å². The predicted octanol–water partition coefficient (Wildman–Crippen LogP) is 2.90. The highest BCUT2D eigenvalue weighted by atomic mass is 19.4. The molecule has 0 unspecified atom stereocenters. The number of hydrogen-bond donors (Lipinski definition) is 2. The molecule has 1 aromatic rings. The molecule has 0 fully saturated rings. The molecule has 134 valence electrons. The lowest BCUT2D eigenvalue weighted by molar-refractivity contribution is -0.274. The third-order valence-electron chi connectivity index (χ3n) is 3.03. The molecule has 2 N–H and O–H groups in total. The Morgan fingerprint density at radius 3 is 2.38 bits per heavy atom. The molecule has 0 aliphatic heterocycles. The molecular weight excluding hydrogens is 329 g/mol. The van der Waals surface area contributed by atoms with E-state index in [1.54, 1.807) is 6.92 Å². The summed E-state index contributed by atoms with van der Waals surface area (Å²) in [5, 5.41) is 5.17. The molecule has 0 saturated carbocycles. The topological polar surface area (TPSA) is 76.7 Å². The second kappa shape index (κ2) is 8.99. The van der Waals surface area contributed by atoms with E-state index in [0.717, 1.165) is 0 Å². The van der Waals surface area contributed by atoms with E-state index in [4.69, 9.17) is 0 Å². The number of alkyl carbamates (subject to hydrolysis) is 1. The van der Waals surface area contributed by atoms with Gasteiger partial charge in [-0.1, -0.05) is 12.1 Å². The van der Waals surface area contributed by atoms with Crippen LogP contribution in [0.1, 0.15) is 31.4 Å². The summed E-state index contributed by atoms with van der Waals surface area (Å²) in [6.45, 7) is 2.02. The highest BCUT2D eigenvalue weighted by molar-refractivity contribution is 5.76. The van der Waals surface area contributed by atoms with Gasteiger partial charge in [-0.2, -0.15) is 0 Å². The van der Waals surface area contributed by atoms with Gasteiger partial charge in [0.25, 0.3) is 0 Å². The lowest BCUT2D eigenvalue weighted by Gasteiger charge is -2.15. The molecule has 24 heavy (non-hydrogen) atoms. The highest BCUT2D eigenvalue weighted by Gasteiger charge is 2.31. The molecule has 0 aliphatic carbocycles. The average molecular weight is 348 g/mol.